The van der Waals surface area contributed by atoms with Crippen LogP contribution < -0.4 is 4.74 Å². The van der Waals surface area contributed by atoms with E-state index in [0.29, 0.717) is 22.2 Å². The monoisotopic (exact) mass is 289 g/mol. The Bertz CT molecular complexity index is 710. The molecule has 0 saturated carbocycles. The van der Waals surface area contributed by atoms with Gasteiger partial charge in [0.2, 0.25) is 0 Å². The summed E-state index contributed by atoms with van der Waals surface area (Å²) in [5.41, 5.74) is 1.82. The summed E-state index contributed by atoms with van der Waals surface area (Å²) in [6, 6.07) is 4.42. The van der Waals surface area contributed by atoms with E-state index in [1.54, 1.807) is 13.0 Å². The average Bonchev–Trinajstić information content (AvgIpc) is 2.45. The fraction of sp³-hybridized carbons (Fsp3) is 0.250. The highest BCUT2D eigenvalue weighted by molar-refractivity contribution is 5.95. The fourth-order valence-corrected chi connectivity index (χ4v) is 2.05. The van der Waals surface area contributed by atoms with E-state index < -0.39 is 11.8 Å². The number of methoxy groups -OCH3 is 1. The van der Waals surface area contributed by atoms with Crippen molar-refractivity contribution in [1.29, 1.82) is 0 Å². The number of carbonyl (C=O) groups excluding carboxylic acids is 1. The molecule has 21 heavy (non-hydrogen) atoms. The number of fused-ring (bicyclic) bond motifs is 1. The van der Waals surface area contributed by atoms with Gasteiger partial charge in [0, 0.05) is 28.8 Å². The highest BCUT2D eigenvalue weighted by atomic mass is 19.1. The van der Waals surface area contributed by atoms with Gasteiger partial charge in [-0.1, -0.05) is 0 Å². The number of carbonyl (C=O) groups is 1. The summed E-state index contributed by atoms with van der Waals surface area (Å²) in [4.78, 5) is 15.8. The summed E-state index contributed by atoms with van der Waals surface area (Å²) in [5, 5.41) is 0.562. The van der Waals surface area contributed by atoms with Crippen molar-refractivity contribution >= 4 is 22.9 Å². The maximum absolute atomic E-state index is 13.8. The third kappa shape index (κ3) is 3.37. The highest BCUT2D eigenvalue weighted by Gasteiger charge is 2.10. The Kier molecular flexibility index (Phi) is 4.52. The number of hydrogen-bond acceptors (Lipinski definition) is 4. The molecule has 2 aromatic rings. The number of nitrogens with zero attached hydrogens (tertiary/aromatic N) is 1. The van der Waals surface area contributed by atoms with Crippen molar-refractivity contribution in [3.63, 3.8) is 0 Å². The quantitative estimate of drug-likeness (QED) is 0.640. The summed E-state index contributed by atoms with van der Waals surface area (Å²) in [6.07, 6.45) is 2.75. The Morgan fingerprint density at radius 1 is 1.38 bits per heavy atom. The third-order valence-electron chi connectivity index (χ3n) is 2.90. The summed E-state index contributed by atoms with van der Waals surface area (Å²) >= 11 is 0. The number of hydrogen-bond donors (Lipinski definition) is 0. The number of pyridine rings is 1. The fourth-order valence-electron chi connectivity index (χ4n) is 2.05. The molecule has 0 aliphatic heterocycles. The molecule has 0 atom stereocenters. The molecule has 0 spiro atoms. The number of aromatic nitrogens is 1. The lowest BCUT2D eigenvalue weighted by atomic mass is 10.1. The van der Waals surface area contributed by atoms with E-state index in [2.05, 4.69) is 4.98 Å². The number of ether oxygens (including phenoxy) is 2. The first-order chi connectivity index (χ1) is 10.0. The van der Waals surface area contributed by atoms with Gasteiger partial charge >= 0.3 is 5.97 Å². The molecule has 5 heteroatoms. The van der Waals surface area contributed by atoms with Crippen LogP contribution in [0.5, 0.6) is 5.75 Å². The van der Waals surface area contributed by atoms with E-state index >= 15 is 0 Å². The van der Waals surface area contributed by atoms with Crippen molar-refractivity contribution in [2.45, 2.75) is 13.8 Å². The third-order valence-corrected chi connectivity index (χ3v) is 2.90. The van der Waals surface area contributed by atoms with Crippen molar-refractivity contribution in [1.82, 2.24) is 4.98 Å². The molecule has 1 aromatic heterocycles. The molecule has 0 amide bonds. The second kappa shape index (κ2) is 6.35. The van der Waals surface area contributed by atoms with Crippen molar-refractivity contribution in [2.24, 2.45) is 0 Å². The van der Waals surface area contributed by atoms with Crippen LogP contribution in [0.1, 0.15) is 18.2 Å². The lowest BCUT2D eigenvalue weighted by molar-refractivity contribution is -0.137. The Morgan fingerprint density at radius 3 is 2.81 bits per heavy atom. The first kappa shape index (κ1) is 15.0. The lowest BCUT2D eigenvalue weighted by Gasteiger charge is -2.09. The zero-order valence-corrected chi connectivity index (χ0v) is 12.1. The maximum Gasteiger partial charge on any atom is 0.330 e. The topological polar surface area (TPSA) is 48.4 Å². The van der Waals surface area contributed by atoms with Gasteiger partial charge in [-0.3, -0.25) is 4.98 Å². The van der Waals surface area contributed by atoms with Crippen LogP contribution in [0.15, 0.2) is 24.3 Å². The van der Waals surface area contributed by atoms with Gasteiger partial charge in [0.1, 0.15) is 11.6 Å². The van der Waals surface area contributed by atoms with Crippen LogP contribution in [0.3, 0.4) is 0 Å². The van der Waals surface area contributed by atoms with Gasteiger partial charge in [-0.2, -0.15) is 0 Å². The Hall–Kier alpha value is -2.43. The average molecular weight is 289 g/mol. The van der Waals surface area contributed by atoms with Crippen molar-refractivity contribution in [3.8, 4) is 5.75 Å². The second-order valence-electron chi connectivity index (χ2n) is 4.44. The van der Waals surface area contributed by atoms with E-state index in [9.17, 15) is 9.18 Å². The van der Waals surface area contributed by atoms with E-state index in [4.69, 9.17) is 9.47 Å². The van der Waals surface area contributed by atoms with Gasteiger partial charge in [-0.15, -0.1) is 0 Å². The normalized spacial score (nSPS) is 11.0. The van der Waals surface area contributed by atoms with E-state index in [-0.39, 0.29) is 6.61 Å². The van der Waals surface area contributed by atoms with Crippen LogP contribution in [0, 0.1) is 12.7 Å². The molecule has 0 aliphatic rings. The molecular formula is C16H16FNO3. The van der Waals surface area contributed by atoms with Crippen molar-refractivity contribution in [3.05, 3.63) is 41.3 Å². The molecule has 2 rings (SSSR count). The standard InChI is InChI=1S/C16H16FNO3/c1-4-21-15(19)6-5-11-8-12(17)9-13-14(20-3)7-10(2)18-16(11)13/h5-9H,4H2,1-3H3/b6-5+. The van der Waals surface area contributed by atoms with Gasteiger partial charge in [0.05, 0.1) is 19.2 Å². The van der Waals surface area contributed by atoms with Gasteiger partial charge in [-0.05, 0) is 32.1 Å². The molecule has 0 radical (unpaired) electrons. The second-order valence-corrected chi connectivity index (χ2v) is 4.44. The largest absolute Gasteiger partial charge is 0.496 e. The number of benzene rings is 1. The van der Waals surface area contributed by atoms with Crippen LogP contribution in [-0.2, 0) is 9.53 Å². The molecule has 1 heterocycles. The molecule has 1 aromatic carbocycles. The SMILES string of the molecule is CCOC(=O)/C=C/c1cc(F)cc2c(OC)cc(C)nc12. The molecule has 0 bridgehead atoms. The van der Waals surface area contributed by atoms with Crippen LogP contribution in [0.25, 0.3) is 17.0 Å². The number of rotatable bonds is 4. The number of aryl methyl sites for hydroxylation is 1. The minimum absolute atomic E-state index is 0.290. The molecule has 0 aliphatic carbocycles. The maximum atomic E-state index is 13.8. The van der Waals surface area contributed by atoms with E-state index in [0.717, 1.165) is 5.69 Å². The molecule has 110 valence electrons. The van der Waals surface area contributed by atoms with Gasteiger partial charge < -0.3 is 9.47 Å². The molecule has 0 unspecified atom stereocenters. The van der Waals surface area contributed by atoms with Crippen LogP contribution in [0.4, 0.5) is 4.39 Å². The van der Waals surface area contributed by atoms with Crippen LogP contribution >= 0.6 is 0 Å². The molecule has 0 fully saturated rings. The molecule has 4 nitrogen and oxygen atoms in total. The van der Waals surface area contributed by atoms with Crippen molar-refractivity contribution < 1.29 is 18.7 Å². The van der Waals surface area contributed by atoms with E-state index in [1.807, 2.05) is 6.92 Å². The minimum atomic E-state index is -0.477. The highest BCUT2D eigenvalue weighted by Crippen LogP contribution is 2.29. The Balaban J connectivity index is 2.57. The summed E-state index contributed by atoms with van der Waals surface area (Å²) in [6.45, 7) is 3.83. The van der Waals surface area contributed by atoms with Crippen molar-refractivity contribution in [2.75, 3.05) is 13.7 Å². The number of esters is 1. The Morgan fingerprint density at radius 2 is 2.14 bits per heavy atom. The minimum Gasteiger partial charge on any atom is -0.496 e. The summed E-state index contributed by atoms with van der Waals surface area (Å²) < 4.78 is 23.8. The Labute approximate surface area is 122 Å². The molecular weight excluding hydrogens is 273 g/mol. The van der Waals surface area contributed by atoms with Crippen LogP contribution in [-0.4, -0.2) is 24.7 Å². The predicted molar refractivity (Wildman–Crippen MR) is 78.7 cm³/mol. The number of halogens is 1. The smallest absolute Gasteiger partial charge is 0.330 e. The lowest BCUT2D eigenvalue weighted by Crippen LogP contribution is -1.99. The van der Waals surface area contributed by atoms with Gasteiger partial charge in [0.15, 0.2) is 0 Å². The summed E-state index contributed by atoms with van der Waals surface area (Å²) in [5.74, 6) is -0.354. The zero-order valence-electron chi connectivity index (χ0n) is 12.1. The zero-order chi connectivity index (χ0) is 15.4. The van der Waals surface area contributed by atoms with Gasteiger partial charge in [-0.25, -0.2) is 9.18 Å². The first-order valence-corrected chi connectivity index (χ1v) is 6.55. The molecule has 0 N–H and O–H groups in total. The predicted octanol–water partition coefficient (Wildman–Crippen LogP) is 3.27. The van der Waals surface area contributed by atoms with E-state index in [1.165, 1.54) is 31.4 Å². The summed E-state index contributed by atoms with van der Waals surface area (Å²) in [7, 11) is 1.52. The molecule has 0 saturated heterocycles. The van der Waals surface area contributed by atoms with Crippen LogP contribution in [0.2, 0.25) is 0 Å². The van der Waals surface area contributed by atoms with Gasteiger partial charge in [0.25, 0.3) is 0 Å². The first-order valence-electron chi connectivity index (χ1n) is 6.55.